The monoisotopic (exact) mass is 401 g/mol. The molecule has 144 valence electrons. The summed E-state index contributed by atoms with van der Waals surface area (Å²) in [5.74, 6) is -0.520. The Kier molecular flexibility index (Phi) is 4.08. The van der Waals surface area contributed by atoms with Crippen molar-refractivity contribution in [1.29, 1.82) is 0 Å². The Balaban J connectivity index is 1.42. The van der Waals surface area contributed by atoms with E-state index >= 15 is 0 Å². The van der Waals surface area contributed by atoms with E-state index in [-0.39, 0.29) is 11.1 Å². The van der Waals surface area contributed by atoms with E-state index in [0.29, 0.717) is 25.2 Å². The third kappa shape index (κ3) is 2.84. The summed E-state index contributed by atoms with van der Waals surface area (Å²) in [7, 11) is 0. The molecule has 2 aliphatic heterocycles. The smallest absolute Gasteiger partial charge is 0.322 e. The van der Waals surface area contributed by atoms with Gasteiger partial charge in [-0.3, -0.25) is 4.68 Å². The molecule has 0 unspecified atom stereocenters. The van der Waals surface area contributed by atoms with Crippen LogP contribution in [-0.2, 0) is 25.9 Å². The second kappa shape index (κ2) is 6.63. The fourth-order valence-electron chi connectivity index (χ4n) is 3.85. The predicted octanol–water partition coefficient (Wildman–Crippen LogP) is 3.87. The van der Waals surface area contributed by atoms with Gasteiger partial charge < -0.3 is 14.7 Å². The van der Waals surface area contributed by atoms with Gasteiger partial charge >= 0.3 is 6.03 Å². The maximum Gasteiger partial charge on any atom is 0.322 e. The van der Waals surface area contributed by atoms with Crippen molar-refractivity contribution in [3.8, 4) is 11.4 Å². The Morgan fingerprint density at radius 1 is 1.29 bits per heavy atom. The molecule has 7 nitrogen and oxygen atoms in total. The van der Waals surface area contributed by atoms with Crippen LogP contribution in [0.4, 0.5) is 14.9 Å². The Morgan fingerprint density at radius 2 is 2.18 bits per heavy atom. The minimum atomic E-state index is -0.520. The fourth-order valence-corrected chi connectivity index (χ4v) is 4.03. The molecule has 1 N–H and O–H groups in total. The van der Waals surface area contributed by atoms with Crippen molar-refractivity contribution in [3.05, 3.63) is 52.1 Å². The van der Waals surface area contributed by atoms with E-state index in [0.717, 1.165) is 47.6 Å². The number of hydrogen-bond acceptors (Lipinski definition) is 4. The standard InChI is InChI=1S/C19H17ClFN5O2/c20-14-8-12(3-4-15(14)21)22-19(27)25-7-5-16-13(9-25)18-17-11(10-28-24-17)2-1-6-26(18)23-16/h3-4,8,10H,1-2,5-7,9H2,(H,22,27). The van der Waals surface area contributed by atoms with Crippen LogP contribution in [0.25, 0.3) is 11.4 Å². The molecule has 0 fully saturated rings. The van der Waals surface area contributed by atoms with Crippen molar-refractivity contribution in [2.24, 2.45) is 0 Å². The van der Waals surface area contributed by atoms with Crippen LogP contribution in [0.15, 0.2) is 29.0 Å². The van der Waals surface area contributed by atoms with Crippen LogP contribution in [0.1, 0.15) is 23.2 Å². The molecule has 9 heteroatoms. The van der Waals surface area contributed by atoms with E-state index in [1.165, 1.54) is 18.2 Å². The average molecular weight is 402 g/mol. The van der Waals surface area contributed by atoms with Crippen LogP contribution in [0.3, 0.4) is 0 Å². The number of halogens is 2. The first-order valence-electron chi connectivity index (χ1n) is 9.13. The van der Waals surface area contributed by atoms with Crippen LogP contribution in [-0.4, -0.2) is 32.4 Å². The lowest BCUT2D eigenvalue weighted by molar-refractivity contribution is 0.206. The van der Waals surface area contributed by atoms with E-state index in [4.69, 9.17) is 21.2 Å². The number of carbonyl (C=O) groups is 1. The zero-order chi connectivity index (χ0) is 19.3. The van der Waals surface area contributed by atoms with E-state index in [9.17, 15) is 9.18 Å². The van der Waals surface area contributed by atoms with E-state index < -0.39 is 5.82 Å². The predicted molar refractivity (Wildman–Crippen MR) is 101 cm³/mol. The van der Waals surface area contributed by atoms with Crippen LogP contribution in [0.2, 0.25) is 5.02 Å². The average Bonchev–Trinajstić information content (AvgIpc) is 3.24. The second-order valence-corrected chi connectivity index (χ2v) is 7.43. The summed E-state index contributed by atoms with van der Waals surface area (Å²) in [6.07, 6.45) is 4.22. The first-order chi connectivity index (χ1) is 13.6. The summed E-state index contributed by atoms with van der Waals surface area (Å²) in [6.45, 7) is 1.80. The first kappa shape index (κ1) is 17.2. The van der Waals surface area contributed by atoms with Crippen molar-refractivity contribution >= 4 is 23.3 Å². The molecule has 0 atom stereocenters. The fraction of sp³-hybridized carbons (Fsp3) is 0.316. The van der Waals surface area contributed by atoms with Crippen molar-refractivity contribution in [2.45, 2.75) is 32.4 Å². The lowest BCUT2D eigenvalue weighted by Gasteiger charge is -2.27. The molecule has 0 saturated heterocycles. The van der Waals surface area contributed by atoms with Gasteiger partial charge in [0.05, 0.1) is 23.0 Å². The molecule has 2 aliphatic rings. The second-order valence-electron chi connectivity index (χ2n) is 7.02. The SMILES string of the molecule is O=C(Nc1ccc(F)c(Cl)c1)N1CCc2nn3c(c2C1)-c1nocc1CCC3. The Morgan fingerprint density at radius 3 is 3.04 bits per heavy atom. The maximum atomic E-state index is 13.3. The summed E-state index contributed by atoms with van der Waals surface area (Å²) >= 11 is 5.80. The van der Waals surface area contributed by atoms with Gasteiger partial charge in [0.2, 0.25) is 0 Å². The number of nitrogens with one attached hydrogen (secondary N) is 1. The highest BCUT2D eigenvalue weighted by molar-refractivity contribution is 6.31. The molecule has 0 saturated carbocycles. The van der Waals surface area contributed by atoms with Crippen molar-refractivity contribution in [1.82, 2.24) is 19.8 Å². The largest absolute Gasteiger partial charge is 0.364 e. The molecule has 2 aromatic heterocycles. The number of amides is 2. The van der Waals surface area contributed by atoms with Gasteiger partial charge in [-0.1, -0.05) is 16.8 Å². The third-order valence-corrected chi connectivity index (χ3v) is 5.53. The van der Waals surface area contributed by atoms with Gasteiger partial charge in [0.1, 0.15) is 17.8 Å². The van der Waals surface area contributed by atoms with Gasteiger partial charge in [0.15, 0.2) is 0 Å². The van der Waals surface area contributed by atoms with Crippen molar-refractivity contribution in [3.63, 3.8) is 0 Å². The zero-order valence-corrected chi connectivity index (χ0v) is 15.7. The minimum absolute atomic E-state index is 0.0285. The number of hydrogen-bond donors (Lipinski definition) is 1. The van der Waals surface area contributed by atoms with Gasteiger partial charge in [-0.05, 0) is 31.0 Å². The van der Waals surface area contributed by atoms with Crippen LogP contribution >= 0.6 is 11.6 Å². The number of carbonyl (C=O) groups excluding carboxylic acids is 1. The molecule has 0 radical (unpaired) electrons. The molecule has 0 bridgehead atoms. The molecule has 4 heterocycles. The molecular weight excluding hydrogens is 385 g/mol. The topological polar surface area (TPSA) is 76.2 Å². The number of nitrogens with zero attached hydrogens (tertiary/aromatic N) is 4. The van der Waals surface area contributed by atoms with Gasteiger partial charge in [-0.25, -0.2) is 9.18 Å². The van der Waals surface area contributed by atoms with Gasteiger partial charge in [-0.15, -0.1) is 0 Å². The maximum absolute atomic E-state index is 13.3. The minimum Gasteiger partial charge on any atom is -0.364 e. The number of benzene rings is 1. The lowest BCUT2D eigenvalue weighted by Crippen LogP contribution is -2.38. The summed E-state index contributed by atoms with van der Waals surface area (Å²) in [5.41, 5.74) is 5.30. The Bertz CT molecular complexity index is 1080. The van der Waals surface area contributed by atoms with Gasteiger partial charge in [-0.2, -0.15) is 5.10 Å². The highest BCUT2D eigenvalue weighted by Crippen LogP contribution is 2.34. The summed E-state index contributed by atoms with van der Waals surface area (Å²) in [6, 6.07) is 3.86. The summed E-state index contributed by atoms with van der Waals surface area (Å²) in [4.78, 5) is 14.5. The number of fused-ring (bicyclic) bond motifs is 5. The zero-order valence-electron chi connectivity index (χ0n) is 14.9. The lowest BCUT2D eigenvalue weighted by atomic mass is 10.0. The molecule has 2 amide bonds. The Labute approximate surface area is 165 Å². The first-order valence-corrected chi connectivity index (χ1v) is 9.51. The third-order valence-electron chi connectivity index (χ3n) is 5.24. The molecule has 0 spiro atoms. The molecule has 5 rings (SSSR count). The van der Waals surface area contributed by atoms with Crippen molar-refractivity contribution < 1.29 is 13.7 Å². The molecule has 1 aromatic carbocycles. The molecule has 0 aliphatic carbocycles. The molecule has 28 heavy (non-hydrogen) atoms. The van der Waals surface area contributed by atoms with Crippen LogP contribution in [0.5, 0.6) is 0 Å². The van der Waals surface area contributed by atoms with E-state index in [1.807, 2.05) is 4.68 Å². The summed E-state index contributed by atoms with van der Waals surface area (Å²) in [5, 5.41) is 11.7. The molecular formula is C19H17ClFN5O2. The quantitative estimate of drug-likeness (QED) is 0.671. The normalized spacial score (nSPS) is 15.4. The number of aryl methyl sites for hydroxylation is 2. The van der Waals surface area contributed by atoms with Gasteiger partial charge in [0, 0.05) is 36.3 Å². The van der Waals surface area contributed by atoms with Crippen LogP contribution in [0, 0.1) is 5.82 Å². The highest BCUT2D eigenvalue weighted by Gasteiger charge is 2.31. The number of rotatable bonds is 1. The number of aromatic nitrogens is 3. The van der Waals surface area contributed by atoms with Crippen LogP contribution < -0.4 is 5.32 Å². The van der Waals surface area contributed by atoms with Crippen molar-refractivity contribution in [2.75, 3.05) is 11.9 Å². The highest BCUT2D eigenvalue weighted by atomic mass is 35.5. The summed E-state index contributed by atoms with van der Waals surface area (Å²) < 4.78 is 20.5. The van der Waals surface area contributed by atoms with E-state index in [1.54, 1.807) is 11.2 Å². The molecule has 3 aromatic rings. The van der Waals surface area contributed by atoms with Gasteiger partial charge in [0.25, 0.3) is 0 Å². The number of anilines is 1. The number of urea groups is 1. The Hall–Kier alpha value is -2.87. The van der Waals surface area contributed by atoms with E-state index in [2.05, 4.69) is 10.5 Å².